The molecule has 1 amide bonds. The van der Waals surface area contributed by atoms with Gasteiger partial charge >= 0.3 is 0 Å². The number of amides is 1. The quantitative estimate of drug-likeness (QED) is 0.854. The van der Waals surface area contributed by atoms with Crippen LogP contribution in [0.3, 0.4) is 0 Å². The topological polar surface area (TPSA) is 87.4 Å². The first-order chi connectivity index (χ1) is 12.5. The number of hydrogen-bond acceptors (Lipinski definition) is 6. The van der Waals surface area contributed by atoms with Crippen molar-refractivity contribution in [2.45, 2.75) is 39.0 Å². The van der Waals surface area contributed by atoms with E-state index < -0.39 is 6.10 Å². The number of likely N-dealkylation sites (N-methyl/N-ethyl adjacent to an activating group) is 1. The van der Waals surface area contributed by atoms with Crippen molar-refractivity contribution in [1.82, 2.24) is 29.5 Å². The van der Waals surface area contributed by atoms with Gasteiger partial charge in [0.25, 0.3) is 5.91 Å². The van der Waals surface area contributed by atoms with E-state index in [2.05, 4.69) is 15.1 Å². The summed E-state index contributed by atoms with van der Waals surface area (Å²) in [7, 11) is 3.83. The van der Waals surface area contributed by atoms with Crippen molar-refractivity contribution in [3.63, 3.8) is 0 Å². The van der Waals surface area contributed by atoms with Gasteiger partial charge in [-0.25, -0.2) is 9.97 Å². The van der Waals surface area contributed by atoms with Crippen LogP contribution < -0.4 is 0 Å². The van der Waals surface area contributed by atoms with Gasteiger partial charge in [0.05, 0.1) is 23.5 Å². The molecule has 0 saturated heterocycles. The predicted octanol–water partition coefficient (Wildman–Crippen LogP) is 0.877. The maximum absolute atomic E-state index is 12.8. The molecule has 140 valence electrons. The van der Waals surface area contributed by atoms with Crippen LogP contribution in [0.2, 0.25) is 0 Å². The molecule has 1 aliphatic heterocycles. The molecule has 0 aliphatic carbocycles. The Kier molecular flexibility index (Phi) is 5.63. The summed E-state index contributed by atoms with van der Waals surface area (Å²) in [5, 5.41) is 14.8. The molecule has 0 aromatic carbocycles. The Labute approximate surface area is 153 Å². The zero-order valence-corrected chi connectivity index (χ0v) is 15.6. The van der Waals surface area contributed by atoms with Crippen LogP contribution in [0.5, 0.6) is 0 Å². The maximum atomic E-state index is 12.8. The molecule has 0 bridgehead atoms. The molecule has 26 heavy (non-hydrogen) atoms. The van der Waals surface area contributed by atoms with Crippen LogP contribution in [0.25, 0.3) is 0 Å². The number of carbonyl (C=O) groups excluding carboxylic acids is 1. The molecule has 1 aliphatic rings. The van der Waals surface area contributed by atoms with Gasteiger partial charge < -0.3 is 14.9 Å². The fraction of sp³-hybridized carbons (Fsp3) is 0.556. The van der Waals surface area contributed by atoms with E-state index in [4.69, 9.17) is 0 Å². The van der Waals surface area contributed by atoms with E-state index in [1.54, 1.807) is 17.3 Å². The van der Waals surface area contributed by atoms with E-state index in [1.807, 2.05) is 36.7 Å². The van der Waals surface area contributed by atoms with Crippen molar-refractivity contribution in [1.29, 1.82) is 0 Å². The lowest BCUT2D eigenvalue weighted by Crippen LogP contribution is -2.31. The van der Waals surface area contributed by atoms with Crippen LogP contribution in [0.15, 0.2) is 18.5 Å². The normalized spacial score (nSPS) is 15.7. The highest BCUT2D eigenvalue weighted by Crippen LogP contribution is 2.19. The van der Waals surface area contributed by atoms with Gasteiger partial charge in [0, 0.05) is 38.4 Å². The zero-order valence-electron chi connectivity index (χ0n) is 15.6. The van der Waals surface area contributed by atoms with Crippen molar-refractivity contribution in [2.24, 2.45) is 0 Å². The zero-order chi connectivity index (χ0) is 18.7. The highest BCUT2D eigenvalue weighted by atomic mass is 16.3. The highest BCUT2D eigenvalue weighted by molar-refractivity contribution is 5.93. The van der Waals surface area contributed by atoms with E-state index in [0.717, 1.165) is 30.9 Å². The molecular formula is C18H26N6O2. The smallest absolute Gasteiger partial charge is 0.257 e. The standard InChI is InChI=1S/C18H26N6O2/c1-4-17-19-9-13(10-20-17)18(26)23-6-5-7-24-14(11-23)8-15(21-24)16(25)12-22(2)3/h8-10,16,25H,4-7,11-12H2,1-3H3/t16-/m1/s1. The number of hydrogen-bond donors (Lipinski definition) is 1. The van der Waals surface area contributed by atoms with E-state index in [1.165, 1.54) is 0 Å². The molecule has 0 unspecified atom stereocenters. The molecule has 8 nitrogen and oxygen atoms in total. The molecule has 0 saturated carbocycles. The lowest BCUT2D eigenvalue weighted by atomic mass is 10.2. The van der Waals surface area contributed by atoms with Crippen molar-refractivity contribution >= 4 is 5.91 Å². The predicted molar refractivity (Wildman–Crippen MR) is 96.5 cm³/mol. The summed E-state index contributed by atoms with van der Waals surface area (Å²) in [6.45, 7) is 4.36. The van der Waals surface area contributed by atoms with Crippen molar-refractivity contribution < 1.29 is 9.90 Å². The van der Waals surface area contributed by atoms with E-state index in [0.29, 0.717) is 30.9 Å². The SMILES string of the molecule is CCc1ncc(C(=O)N2CCCn3nc([C@H](O)CN(C)C)cc3C2)cn1. The fourth-order valence-electron chi connectivity index (χ4n) is 3.09. The van der Waals surface area contributed by atoms with Crippen LogP contribution in [0.4, 0.5) is 0 Å². The summed E-state index contributed by atoms with van der Waals surface area (Å²) in [5.41, 5.74) is 2.09. The second-order valence-corrected chi connectivity index (χ2v) is 6.88. The number of carbonyl (C=O) groups is 1. The molecule has 3 heterocycles. The second kappa shape index (κ2) is 7.92. The van der Waals surface area contributed by atoms with E-state index in [-0.39, 0.29) is 5.91 Å². The number of aromatic nitrogens is 4. The first kappa shape index (κ1) is 18.5. The first-order valence-electron chi connectivity index (χ1n) is 8.97. The molecule has 0 radical (unpaired) electrons. The molecule has 1 N–H and O–H groups in total. The lowest BCUT2D eigenvalue weighted by Gasteiger charge is -2.19. The van der Waals surface area contributed by atoms with E-state index >= 15 is 0 Å². The third-order valence-corrected chi connectivity index (χ3v) is 4.47. The van der Waals surface area contributed by atoms with Crippen molar-refractivity contribution in [3.05, 3.63) is 41.2 Å². The number of fused-ring (bicyclic) bond motifs is 1. The number of rotatable bonds is 5. The Morgan fingerprint density at radius 1 is 1.31 bits per heavy atom. The number of aryl methyl sites for hydroxylation is 2. The Morgan fingerprint density at radius 2 is 2.04 bits per heavy atom. The van der Waals surface area contributed by atoms with Crippen LogP contribution in [-0.4, -0.2) is 67.7 Å². The van der Waals surface area contributed by atoms with Crippen molar-refractivity contribution in [3.8, 4) is 0 Å². The first-order valence-corrected chi connectivity index (χ1v) is 8.97. The molecular weight excluding hydrogens is 332 g/mol. The summed E-state index contributed by atoms with van der Waals surface area (Å²) in [6.07, 6.45) is 4.13. The Hall–Kier alpha value is -2.32. The molecule has 8 heteroatoms. The monoisotopic (exact) mass is 358 g/mol. The number of aliphatic hydroxyl groups is 1. The van der Waals surface area contributed by atoms with Gasteiger partial charge in [0.15, 0.2) is 0 Å². The van der Waals surface area contributed by atoms with Crippen LogP contribution in [0, 0.1) is 0 Å². The minimum absolute atomic E-state index is 0.0716. The summed E-state index contributed by atoms with van der Waals surface area (Å²) in [5.74, 6) is 0.660. The average Bonchev–Trinajstić information content (AvgIpc) is 2.92. The third kappa shape index (κ3) is 4.08. The van der Waals surface area contributed by atoms with Gasteiger partial charge in [-0.05, 0) is 26.6 Å². The fourth-order valence-corrected chi connectivity index (χ4v) is 3.09. The van der Waals surface area contributed by atoms with Gasteiger partial charge in [0.2, 0.25) is 0 Å². The summed E-state index contributed by atoms with van der Waals surface area (Å²) >= 11 is 0. The van der Waals surface area contributed by atoms with Gasteiger partial charge in [-0.2, -0.15) is 5.10 Å². The van der Waals surface area contributed by atoms with Gasteiger partial charge in [-0.1, -0.05) is 6.92 Å². The Balaban J connectivity index is 1.76. The van der Waals surface area contributed by atoms with Crippen molar-refractivity contribution in [2.75, 3.05) is 27.2 Å². The maximum Gasteiger partial charge on any atom is 0.257 e. The lowest BCUT2D eigenvalue weighted by molar-refractivity contribution is 0.0744. The summed E-state index contributed by atoms with van der Waals surface area (Å²) in [6, 6.07) is 1.90. The highest BCUT2D eigenvalue weighted by Gasteiger charge is 2.24. The largest absolute Gasteiger partial charge is 0.385 e. The molecule has 2 aromatic heterocycles. The number of nitrogens with zero attached hydrogens (tertiary/aromatic N) is 6. The Bertz CT molecular complexity index is 756. The van der Waals surface area contributed by atoms with Gasteiger partial charge in [-0.15, -0.1) is 0 Å². The second-order valence-electron chi connectivity index (χ2n) is 6.88. The molecule has 3 rings (SSSR count). The van der Waals surface area contributed by atoms with Gasteiger partial charge in [-0.3, -0.25) is 9.48 Å². The van der Waals surface area contributed by atoms with Crippen LogP contribution >= 0.6 is 0 Å². The molecule has 2 aromatic rings. The Morgan fingerprint density at radius 3 is 2.69 bits per heavy atom. The van der Waals surface area contributed by atoms with Crippen LogP contribution in [-0.2, 0) is 19.5 Å². The molecule has 0 spiro atoms. The van der Waals surface area contributed by atoms with E-state index in [9.17, 15) is 9.90 Å². The van der Waals surface area contributed by atoms with Crippen LogP contribution in [0.1, 0.15) is 47.0 Å². The third-order valence-electron chi connectivity index (χ3n) is 4.47. The minimum Gasteiger partial charge on any atom is -0.385 e. The van der Waals surface area contributed by atoms with Gasteiger partial charge in [0.1, 0.15) is 11.9 Å². The average molecular weight is 358 g/mol. The molecule has 0 fully saturated rings. The summed E-state index contributed by atoms with van der Waals surface area (Å²) < 4.78 is 1.90. The number of aliphatic hydroxyl groups excluding tert-OH is 1. The summed E-state index contributed by atoms with van der Waals surface area (Å²) in [4.78, 5) is 25.0. The molecule has 1 atom stereocenters. The minimum atomic E-state index is -0.636.